The maximum absolute atomic E-state index is 12.3. The zero-order chi connectivity index (χ0) is 15.5. The van der Waals surface area contributed by atoms with E-state index in [9.17, 15) is 14.7 Å². The highest BCUT2D eigenvalue weighted by Crippen LogP contribution is 2.31. The van der Waals surface area contributed by atoms with Crippen molar-refractivity contribution in [3.8, 4) is 9.88 Å². The molecule has 6 nitrogen and oxygen atoms in total. The lowest BCUT2D eigenvalue weighted by Gasteiger charge is -2.23. The van der Waals surface area contributed by atoms with Crippen LogP contribution >= 0.6 is 22.7 Å². The fourth-order valence-corrected chi connectivity index (χ4v) is 3.89. The van der Waals surface area contributed by atoms with Gasteiger partial charge in [0, 0.05) is 0 Å². The topological polar surface area (TPSA) is 92.2 Å². The molecule has 2 N–H and O–H groups in total. The van der Waals surface area contributed by atoms with E-state index >= 15 is 0 Å². The molecule has 0 bridgehead atoms. The summed E-state index contributed by atoms with van der Waals surface area (Å²) in [6, 6.07) is 3.86. The van der Waals surface area contributed by atoms with Gasteiger partial charge in [0.25, 0.3) is 0 Å². The zero-order valence-electron chi connectivity index (χ0n) is 11.4. The molecular weight excluding hydrogens is 322 g/mol. The molecule has 114 valence electrons. The molecule has 0 aliphatic heterocycles. The number of aliphatic carboxylic acids is 1. The van der Waals surface area contributed by atoms with E-state index in [0.717, 1.165) is 9.88 Å². The van der Waals surface area contributed by atoms with Crippen molar-refractivity contribution in [3.05, 3.63) is 29.7 Å². The highest BCUT2D eigenvalue weighted by atomic mass is 32.1. The third kappa shape index (κ3) is 3.07. The molecule has 2 aromatic rings. The number of carboxylic acid groups (broad SMARTS) is 1. The van der Waals surface area contributed by atoms with E-state index < -0.39 is 17.8 Å². The Morgan fingerprint density at radius 2 is 2.00 bits per heavy atom. The van der Waals surface area contributed by atoms with Crippen LogP contribution in [0, 0.1) is 11.8 Å². The summed E-state index contributed by atoms with van der Waals surface area (Å²) in [6.07, 6.45) is 4.46. The molecule has 8 heteroatoms. The number of hydrogen-bond donors (Lipinski definition) is 2. The maximum Gasteiger partial charge on any atom is 0.307 e. The van der Waals surface area contributed by atoms with E-state index in [1.54, 1.807) is 11.3 Å². The summed E-state index contributed by atoms with van der Waals surface area (Å²) in [5, 5.41) is 23.0. The normalized spacial score (nSPS) is 20.7. The molecule has 2 atom stereocenters. The SMILES string of the molecule is O=C(O)[C@H]1CC=CC[C@@H]1C(=O)Nc1nnc(-c2cccs2)s1. The van der Waals surface area contributed by atoms with Gasteiger partial charge in [0.15, 0.2) is 5.01 Å². The zero-order valence-corrected chi connectivity index (χ0v) is 13.1. The van der Waals surface area contributed by atoms with E-state index in [2.05, 4.69) is 15.5 Å². The van der Waals surface area contributed by atoms with Crippen molar-refractivity contribution in [1.29, 1.82) is 0 Å². The van der Waals surface area contributed by atoms with E-state index in [1.807, 2.05) is 29.7 Å². The summed E-state index contributed by atoms with van der Waals surface area (Å²) in [6.45, 7) is 0. The first-order chi connectivity index (χ1) is 10.6. The number of nitrogens with zero attached hydrogens (tertiary/aromatic N) is 2. The highest BCUT2D eigenvalue weighted by Gasteiger charge is 2.34. The molecule has 1 aliphatic carbocycles. The van der Waals surface area contributed by atoms with Crippen LogP contribution < -0.4 is 5.32 Å². The van der Waals surface area contributed by atoms with Crippen LogP contribution in [0.25, 0.3) is 9.88 Å². The molecule has 0 saturated carbocycles. The van der Waals surface area contributed by atoms with Crippen molar-refractivity contribution < 1.29 is 14.7 Å². The maximum atomic E-state index is 12.3. The summed E-state index contributed by atoms with van der Waals surface area (Å²) in [5.41, 5.74) is 0. The van der Waals surface area contributed by atoms with Gasteiger partial charge in [-0.25, -0.2) is 0 Å². The average Bonchev–Trinajstić information content (AvgIpc) is 3.17. The monoisotopic (exact) mass is 335 g/mol. The Hall–Kier alpha value is -2.06. The number of hydrogen-bond acceptors (Lipinski definition) is 6. The molecule has 0 unspecified atom stereocenters. The number of amides is 1. The van der Waals surface area contributed by atoms with Gasteiger partial charge in [-0.1, -0.05) is 29.6 Å². The molecule has 3 rings (SSSR count). The minimum absolute atomic E-state index is 0.314. The molecular formula is C14H13N3O3S2. The second-order valence-corrected chi connectivity index (χ2v) is 6.80. The Labute approximate surface area is 134 Å². The van der Waals surface area contributed by atoms with Gasteiger partial charge < -0.3 is 10.4 Å². The molecule has 2 aromatic heterocycles. The molecule has 1 amide bonds. The molecule has 0 fully saturated rings. The number of allylic oxidation sites excluding steroid dienone is 2. The molecule has 0 saturated heterocycles. The van der Waals surface area contributed by atoms with Gasteiger partial charge in [-0.3, -0.25) is 9.59 Å². The predicted molar refractivity (Wildman–Crippen MR) is 84.8 cm³/mol. The number of carboxylic acids is 1. The Morgan fingerprint density at radius 3 is 2.68 bits per heavy atom. The van der Waals surface area contributed by atoms with Gasteiger partial charge in [-0.15, -0.1) is 21.5 Å². The van der Waals surface area contributed by atoms with E-state index in [-0.39, 0.29) is 5.91 Å². The average molecular weight is 335 g/mol. The van der Waals surface area contributed by atoms with E-state index in [1.165, 1.54) is 11.3 Å². The third-order valence-corrected chi connectivity index (χ3v) is 5.35. The lowest BCUT2D eigenvalue weighted by molar-refractivity contribution is -0.146. The Balaban J connectivity index is 1.71. The number of rotatable bonds is 4. The Bertz CT molecular complexity index is 709. The number of carbonyl (C=O) groups is 2. The van der Waals surface area contributed by atoms with Gasteiger partial charge >= 0.3 is 5.97 Å². The number of nitrogens with one attached hydrogen (secondary N) is 1. The fraction of sp³-hybridized carbons (Fsp3) is 0.286. The number of thiophene rings is 1. The molecule has 0 radical (unpaired) electrons. The molecule has 1 aliphatic rings. The standard InChI is InChI=1S/C14H13N3O3S2/c18-11(8-4-1-2-5-9(8)13(19)20)15-14-17-16-12(22-14)10-6-3-7-21-10/h1-3,6-9H,4-5H2,(H,19,20)(H,15,17,18)/t8-,9-/m0/s1. The molecule has 0 spiro atoms. The number of anilines is 1. The number of carbonyl (C=O) groups excluding carboxylic acids is 1. The van der Waals surface area contributed by atoms with Crippen molar-refractivity contribution in [2.24, 2.45) is 11.8 Å². The fourth-order valence-electron chi connectivity index (χ4n) is 2.35. The van der Waals surface area contributed by atoms with Crippen molar-refractivity contribution in [1.82, 2.24) is 10.2 Å². The van der Waals surface area contributed by atoms with Crippen LogP contribution in [0.2, 0.25) is 0 Å². The van der Waals surface area contributed by atoms with Crippen LogP contribution in [0.15, 0.2) is 29.7 Å². The first-order valence-electron chi connectivity index (χ1n) is 6.71. The van der Waals surface area contributed by atoms with E-state index in [4.69, 9.17) is 0 Å². The molecule has 22 heavy (non-hydrogen) atoms. The molecule has 2 heterocycles. The van der Waals surface area contributed by atoms with Gasteiger partial charge in [-0.05, 0) is 24.3 Å². The van der Waals surface area contributed by atoms with Crippen LogP contribution in [-0.2, 0) is 9.59 Å². The highest BCUT2D eigenvalue weighted by molar-refractivity contribution is 7.23. The summed E-state index contributed by atoms with van der Waals surface area (Å²) in [4.78, 5) is 24.5. The van der Waals surface area contributed by atoms with Crippen LogP contribution in [0.3, 0.4) is 0 Å². The van der Waals surface area contributed by atoms with Gasteiger partial charge in [-0.2, -0.15) is 0 Å². The Morgan fingerprint density at radius 1 is 1.23 bits per heavy atom. The van der Waals surface area contributed by atoms with Crippen molar-refractivity contribution >= 4 is 39.7 Å². The van der Waals surface area contributed by atoms with Gasteiger partial charge in [0.2, 0.25) is 11.0 Å². The second kappa shape index (κ2) is 6.37. The number of aromatic nitrogens is 2. The third-order valence-electron chi connectivity index (χ3n) is 3.47. The minimum Gasteiger partial charge on any atom is -0.481 e. The smallest absolute Gasteiger partial charge is 0.307 e. The van der Waals surface area contributed by atoms with Crippen molar-refractivity contribution in [2.45, 2.75) is 12.8 Å². The predicted octanol–water partition coefficient (Wildman–Crippen LogP) is 2.87. The van der Waals surface area contributed by atoms with Crippen LogP contribution in [0.1, 0.15) is 12.8 Å². The van der Waals surface area contributed by atoms with Crippen molar-refractivity contribution in [3.63, 3.8) is 0 Å². The van der Waals surface area contributed by atoms with Gasteiger partial charge in [0.05, 0.1) is 16.7 Å². The largest absolute Gasteiger partial charge is 0.481 e. The lowest BCUT2D eigenvalue weighted by Crippen LogP contribution is -2.34. The van der Waals surface area contributed by atoms with Crippen LogP contribution in [0.4, 0.5) is 5.13 Å². The summed E-state index contributed by atoms with van der Waals surface area (Å²) in [7, 11) is 0. The summed E-state index contributed by atoms with van der Waals surface area (Å²) in [5.74, 6) is -2.52. The Kier molecular flexibility index (Phi) is 4.30. The first kappa shape index (κ1) is 14.9. The first-order valence-corrected chi connectivity index (χ1v) is 8.41. The van der Waals surface area contributed by atoms with Crippen LogP contribution in [0.5, 0.6) is 0 Å². The second-order valence-electron chi connectivity index (χ2n) is 4.87. The lowest BCUT2D eigenvalue weighted by atomic mass is 9.82. The van der Waals surface area contributed by atoms with Gasteiger partial charge in [0.1, 0.15) is 0 Å². The van der Waals surface area contributed by atoms with E-state index in [0.29, 0.717) is 18.0 Å². The quantitative estimate of drug-likeness (QED) is 0.838. The molecule has 0 aromatic carbocycles. The minimum atomic E-state index is -0.943. The summed E-state index contributed by atoms with van der Waals surface area (Å²) < 4.78 is 0. The van der Waals surface area contributed by atoms with Crippen molar-refractivity contribution in [2.75, 3.05) is 5.32 Å². The van der Waals surface area contributed by atoms with Crippen LogP contribution in [-0.4, -0.2) is 27.2 Å². The summed E-state index contributed by atoms with van der Waals surface area (Å²) >= 11 is 2.83.